The zero-order valence-electron chi connectivity index (χ0n) is 18.7. The SMILES string of the molecule is CCC[C@H](N[C@@H](C)C(=O)N1[C@H](C(=O)O)C[C@@H]2CCCC[C@@H]21)C(=O)OCC.NCC(=O)O. The van der Waals surface area contributed by atoms with Gasteiger partial charge in [0, 0.05) is 6.04 Å². The highest BCUT2D eigenvalue weighted by Gasteiger charge is 2.48. The third-order valence-electron chi connectivity index (χ3n) is 5.77. The predicted molar refractivity (Wildman–Crippen MR) is 113 cm³/mol. The van der Waals surface area contributed by atoms with Crippen molar-refractivity contribution in [3.8, 4) is 0 Å². The lowest BCUT2D eigenvalue weighted by Crippen LogP contribution is -2.55. The molecule has 1 saturated carbocycles. The first-order chi connectivity index (χ1) is 14.7. The molecular weight excluding hydrogens is 406 g/mol. The number of esters is 1. The molecule has 0 bridgehead atoms. The maximum atomic E-state index is 13.1. The highest BCUT2D eigenvalue weighted by Crippen LogP contribution is 2.40. The Morgan fingerprint density at radius 2 is 1.77 bits per heavy atom. The molecule has 1 amide bonds. The molecule has 0 aromatic heterocycles. The average Bonchev–Trinajstić information content (AvgIpc) is 3.13. The van der Waals surface area contributed by atoms with Crippen molar-refractivity contribution >= 4 is 23.8 Å². The molecule has 1 saturated heterocycles. The topological polar surface area (TPSA) is 159 Å². The first kappa shape index (κ1) is 26.8. The van der Waals surface area contributed by atoms with Crippen molar-refractivity contribution in [3.63, 3.8) is 0 Å². The number of rotatable bonds is 9. The minimum Gasteiger partial charge on any atom is -0.480 e. The summed E-state index contributed by atoms with van der Waals surface area (Å²) in [5, 5.41) is 20.3. The zero-order chi connectivity index (χ0) is 23.6. The predicted octanol–water partition coefficient (Wildman–Crippen LogP) is 0.970. The van der Waals surface area contributed by atoms with E-state index in [1.807, 2.05) is 6.92 Å². The fourth-order valence-corrected chi connectivity index (χ4v) is 4.39. The number of nitrogens with zero attached hydrogens (tertiary/aromatic N) is 1. The second kappa shape index (κ2) is 13.3. The van der Waals surface area contributed by atoms with Gasteiger partial charge in [-0.25, -0.2) is 4.79 Å². The van der Waals surface area contributed by atoms with E-state index in [9.17, 15) is 24.3 Å². The summed E-state index contributed by atoms with van der Waals surface area (Å²) in [7, 11) is 0. The Hall–Kier alpha value is -2.20. The number of nitrogens with two attached hydrogens (primary N) is 1. The van der Waals surface area contributed by atoms with Crippen LogP contribution >= 0.6 is 0 Å². The van der Waals surface area contributed by atoms with Crippen LogP contribution in [0.1, 0.15) is 65.7 Å². The lowest BCUT2D eigenvalue weighted by atomic mass is 9.84. The van der Waals surface area contributed by atoms with Gasteiger partial charge < -0.3 is 25.6 Å². The third-order valence-corrected chi connectivity index (χ3v) is 5.77. The number of likely N-dealkylation sites (tertiary alicyclic amines) is 1. The molecule has 0 aromatic rings. The molecule has 2 rings (SSSR count). The molecule has 1 aliphatic heterocycles. The Kier molecular flexibility index (Phi) is 11.5. The van der Waals surface area contributed by atoms with Gasteiger partial charge in [0.15, 0.2) is 0 Å². The number of carbonyl (C=O) groups is 4. The van der Waals surface area contributed by atoms with Crippen LogP contribution in [0.15, 0.2) is 0 Å². The maximum Gasteiger partial charge on any atom is 0.326 e. The van der Waals surface area contributed by atoms with Crippen LogP contribution in [0.3, 0.4) is 0 Å². The summed E-state index contributed by atoms with van der Waals surface area (Å²) in [4.78, 5) is 47.7. The number of carboxylic acids is 2. The highest BCUT2D eigenvalue weighted by molar-refractivity contribution is 5.88. The second-order valence-corrected chi connectivity index (χ2v) is 8.03. The van der Waals surface area contributed by atoms with Crippen LogP contribution in [0.25, 0.3) is 0 Å². The summed E-state index contributed by atoms with van der Waals surface area (Å²) in [6.07, 6.45) is 5.87. The van der Waals surface area contributed by atoms with Gasteiger partial charge in [0.2, 0.25) is 5.91 Å². The molecule has 0 aromatic carbocycles. The van der Waals surface area contributed by atoms with Gasteiger partial charge in [-0.3, -0.25) is 19.7 Å². The number of hydrogen-bond donors (Lipinski definition) is 4. The summed E-state index contributed by atoms with van der Waals surface area (Å²) in [5.41, 5.74) is 4.57. The summed E-state index contributed by atoms with van der Waals surface area (Å²) in [6.45, 7) is 5.44. The normalized spacial score (nSPS) is 24.3. The molecule has 2 fully saturated rings. The summed E-state index contributed by atoms with van der Waals surface area (Å²) in [6, 6.07) is -1.92. The van der Waals surface area contributed by atoms with E-state index in [4.69, 9.17) is 9.84 Å². The van der Waals surface area contributed by atoms with Crippen molar-refractivity contribution in [2.75, 3.05) is 13.2 Å². The summed E-state index contributed by atoms with van der Waals surface area (Å²) >= 11 is 0. The van der Waals surface area contributed by atoms with Gasteiger partial charge >= 0.3 is 17.9 Å². The lowest BCUT2D eigenvalue weighted by molar-refractivity contribution is -0.152. The van der Waals surface area contributed by atoms with Crippen molar-refractivity contribution in [1.29, 1.82) is 0 Å². The van der Waals surface area contributed by atoms with Gasteiger partial charge in [0.25, 0.3) is 0 Å². The number of carboxylic acid groups (broad SMARTS) is 2. The number of carbonyl (C=O) groups excluding carboxylic acids is 2. The first-order valence-corrected chi connectivity index (χ1v) is 11.1. The van der Waals surface area contributed by atoms with E-state index in [0.717, 1.165) is 32.1 Å². The third kappa shape index (κ3) is 7.77. The molecule has 10 nitrogen and oxygen atoms in total. The van der Waals surface area contributed by atoms with Crippen LogP contribution in [0, 0.1) is 5.92 Å². The van der Waals surface area contributed by atoms with Gasteiger partial charge in [-0.15, -0.1) is 0 Å². The van der Waals surface area contributed by atoms with Crippen molar-refractivity contribution in [1.82, 2.24) is 10.2 Å². The van der Waals surface area contributed by atoms with Gasteiger partial charge in [-0.2, -0.15) is 0 Å². The molecule has 1 aliphatic carbocycles. The smallest absolute Gasteiger partial charge is 0.326 e. The molecule has 0 unspecified atom stereocenters. The number of aliphatic carboxylic acids is 2. The largest absolute Gasteiger partial charge is 0.480 e. The maximum absolute atomic E-state index is 13.1. The van der Waals surface area contributed by atoms with Crippen molar-refractivity contribution < 1.29 is 34.1 Å². The Balaban J connectivity index is 0.000000861. The van der Waals surface area contributed by atoms with Crippen molar-refractivity contribution in [2.24, 2.45) is 11.7 Å². The van der Waals surface area contributed by atoms with E-state index in [0.29, 0.717) is 19.4 Å². The Morgan fingerprint density at radius 1 is 1.16 bits per heavy atom. The van der Waals surface area contributed by atoms with Gasteiger partial charge in [0.1, 0.15) is 12.1 Å². The van der Waals surface area contributed by atoms with Crippen LogP contribution in [0.5, 0.6) is 0 Å². The van der Waals surface area contributed by atoms with E-state index in [2.05, 4.69) is 11.1 Å². The monoisotopic (exact) mass is 443 g/mol. The van der Waals surface area contributed by atoms with Gasteiger partial charge in [-0.1, -0.05) is 26.2 Å². The minimum atomic E-state index is -0.968. The number of ether oxygens (including phenoxy) is 1. The molecule has 0 radical (unpaired) electrons. The van der Waals surface area contributed by atoms with Crippen LogP contribution in [0.2, 0.25) is 0 Å². The van der Waals surface area contributed by atoms with E-state index >= 15 is 0 Å². The number of fused-ring (bicyclic) bond motifs is 1. The highest BCUT2D eigenvalue weighted by atomic mass is 16.5. The van der Waals surface area contributed by atoms with Crippen LogP contribution in [-0.4, -0.2) is 76.2 Å². The van der Waals surface area contributed by atoms with E-state index < -0.39 is 30.1 Å². The van der Waals surface area contributed by atoms with Crippen LogP contribution < -0.4 is 11.1 Å². The molecule has 0 spiro atoms. The first-order valence-electron chi connectivity index (χ1n) is 11.1. The zero-order valence-corrected chi connectivity index (χ0v) is 18.7. The Labute approximate surface area is 183 Å². The van der Waals surface area contributed by atoms with Crippen LogP contribution in [0.4, 0.5) is 0 Å². The quantitative estimate of drug-likeness (QED) is 0.381. The number of hydrogen-bond acceptors (Lipinski definition) is 7. The molecule has 31 heavy (non-hydrogen) atoms. The Bertz CT molecular complexity index is 628. The summed E-state index contributed by atoms with van der Waals surface area (Å²) < 4.78 is 5.09. The van der Waals surface area contributed by atoms with Gasteiger partial charge in [-0.05, 0) is 45.4 Å². The fraction of sp³-hybridized carbons (Fsp3) is 0.810. The van der Waals surface area contributed by atoms with Crippen molar-refractivity contribution in [2.45, 2.75) is 89.9 Å². The average molecular weight is 444 g/mol. The van der Waals surface area contributed by atoms with E-state index in [1.54, 1.807) is 18.7 Å². The standard InChI is InChI=1S/C19H32N2O5.C2H5NO2/c1-4-8-14(19(25)26-5-2)20-12(3)17(22)21-15-10-7-6-9-13(15)11-16(21)18(23)24;3-1-2(4)5/h12-16,20H,4-11H2,1-3H3,(H,23,24);1,3H2,(H,4,5)/t12-,13-,14-,15-,16-;/m0./s1. The molecule has 10 heteroatoms. The molecular formula is C21H37N3O7. The fourth-order valence-electron chi connectivity index (χ4n) is 4.39. The lowest BCUT2D eigenvalue weighted by Gasteiger charge is -2.35. The molecule has 5 atom stereocenters. The molecule has 2 aliphatic rings. The second-order valence-electron chi connectivity index (χ2n) is 8.03. The van der Waals surface area contributed by atoms with E-state index in [1.165, 1.54) is 0 Å². The Morgan fingerprint density at radius 3 is 2.29 bits per heavy atom. The number of nitrogens with one attached hydrogen (secondary N) is 1. The van der Waals surface area contributed by atoms with Crippen molar-refractivity contribution in [3.05, 3.63) is 0 Å². The van der Waals surface area contributed by atoms with Gasteiger partial charge in [0.05, 0.1) is 19.2 Å². The summed E-state index contributed by atoms with van der Waals surface area (Å²) in [5.74, 6) is -2.21. The molecule has 1 heterocycles. The number of amides is 1. The van der Waals surface area contributed by atoms with E-state index in [-0.39, 0.29) is 30.4 Å². The molecule has 178 valence electrons. The van der Waals surface area contributed by atoms with Crippen LogP contribution in [-0.2, 0) is 23.9 Å². The molecule has 5 N–H and O–H groups in total. The minimum absolute atomic E-state index is 0.00817.